The number of carboxylic acids is 1. The highest BCUT2D eigenvalue weighted by molar-refractivity contribution is 5.73. The number of carbonyl (C=O) groups excluding carboxylic acids is 1. The van der Waals surface area contributed by atoms with E-state index in [1.54, 1.807) is 0 Å². The van der Waals surface area contributed by atoms with Crippen LogP contribution in [-0.2, 0) is 9.59 Å². The van der Waals surface area contributed by atoms with E-state index in [1.165, 1.54) is 10.6 Å². The fraction of sp³-hybridized carbons (Fsp3) is 0.429. The third kappa shape index (κ3) is 4.05. The van der Waals surface area contributed by atoms with Crippen LogP contribution in [0, 0.1) is 14.1 Å². The van der Waals surface area contributed by atoms with Gasteiger partial charge in [0, 0.05) is 6.42 Å². The van der Waals surface area contributed by atoms with Crippen molar-refractivity contribution in [1.29, 1.82) is 0 Å². The fourth-order valence-electron chi connectivity index (χ4n) is 0.742. The van der Waals surface area contributed by atoms with Crippen LogP contribution in [0.25, 0.3) is 0 Å². The maximum absolute atomic E-state index is 10.7. The molecule has 0 bridgehead atoms. The Hall–Kier alpha value is -0.940. The lowest BCUT2D eigenvalue weighted by molar-refractivity contribution is -0.622. The Morgan fingerprint density at radius 2 is 2.00 bits per heavy atom. The van der Waals surface area contributed by atoms with Crippen molar-refractivity contribution in [2.24, 2.45) is 0 Å². The van der Waals surface area contributed by atoms with Crippen LogP contribution in [0.3, 0.4) is 0 Å². The van der Waals surface area contributed by atoms with Crippen LogP contribution in [-0.4, -0.2) is 23.0 Å². The van der Waals surface area contributed by atoms with E-state index in [-0.39, 0.29) is 12.3 Å². The fourth-order valence-corrected chi connectivity index (χ4v) is 0.742. The highest BCUT2D eigenvalue weighted by atomic mass is 16.4. The topological polar surface area (TPSA) is 87.6 Å². The minimum Gasteiger partial charge on any atom is -0.477 e. The number of primary amides is 1. The number of rotatable bonds is 5. The molecule has 12 heavy (non-hydrogen) atoms. The van der Waals surface area contributed by atoms with Gasteiger partial charge in [0.05, 0.1) is 6.42 Å². The van der Waals surface area contributed by atoms with Gasteiger partial charge < -0.3 is 15.7 Å². The molecular formula is C7H14N2O3. The molecule has 0 aliphatic rings. The third-order valence-corrected chi connectivity index (χ3v) is 1.53. The smallest absolute Gasteiger partial charge is 0.360 e. The normalized spacial score (nSPS) is 12.5. The van der Waals surface area contributed by atoms with E-state index < -0.39 is 12.0 Å². The predicted octanol–water partition coefficient (Wildman–Crippen LogP) is -2.54. The van der Waals surface area contributed by atoms with E-state index in [4.69, 9.17) is 5.11 Å². The van der Waals surface area contributed by atoms with E-state index >= 15 is 0 Å². The largest absolute Gasteiger partial charge is 0.477 e. The number of amides is 1. The Balaban J connectivity index is 3.73. The number of nitrogens with two attached hydrogens (primary N) is 2. The van der Waals surface area contributed by atoms with Gasteiger partial charge in [0.1, 0.15) is 0 Å². The zero-order valence-corrected chi connectivity index (χ0v) is 6.82. The highest BCUT2D eigenvalue weighted by Crippen LogP contribution is 1.91. The lowest BCUT2D eigenvalue weighted by Gasteiger charge is -2.09. The maximum atomic E-state index is 10.7. The number of hydrogen-bond donors (Lipinski definition) is 3. The van der Waals surface area contributed by atoms with Crippen LogP contribution in [0.5, 0.6) is 0 Å². The van der Waals surface area contributed by atoms with Crippen molar-refractivity contribution in [3.63, 3.8) is 0 Å². The van der Waals surface area contributed by atoms with Gasteiger partial charge in [0.2, 0.25) is 0 Å². The third-order valence-electron chi connectivity index (χ3n) is 1.53. The molecule has 0 aromatic heterocycles. The summed E-state index contributed by atoms with van der Waals surface area (Å²) < 4.78 is 0. The molecule has 0 rings (SSSR count). The number of aliphatic carboxylic acids is 1. The van der Waals surface area contributed by atoms with Crippen molar-refractivity contribution in [3.8, 4) is 0 Å². The van der Waals surface area contributed by atoms with Crippen molar-refractivity contribution in [2.75, 3.05) is 0 Å². The van der Waals surface area contributed by atoms with Gasteiger partial charge in [-0.2, -0.15) is 7.05 Å². The summed E-state index contributed by atoms with van der Waals surface area (Å²) in [6.07, 6.45) is 0.510. The summed E-state index contributed by atoms with van der Waals surface area (Å²) in [4.78, 5) is 21.1. The molecule has 0 unspecified atom stereocenters. The van der Waals surface area contributed by atoms with E-state index in [2.05, 4.69) is 14.1 Å². The van der Waals surface area contributed by atoms with Crippen LogP contribution in [0.15, 0.2) is 0 Å². The molecule has 70 valence electrons. The molecule has 0 fully saturated rings. The van der Waals surface area contributed by atoms with Crippen molar-refractivity contribution < 1.29 is 25.3 Å². The van der Waals surface area contributed by atoms with E-state index in [0.717, 1.165) is 0 Å². The zero-order chi connectivity index (χ0) is 9.56. The SMILES string of the molecule is [CH2-][NH2+]C(=O)CC[C@@H]([NH2+][CH2-])C(=O)O. The minimum absolute atomic E-state index is 0.136. The summed E-state index contributed by atoms with van der Waals surface area (Å²) in [6, 6.07) is -0.631. The van der Waals surface area contributed by atoms with Crippen molar-refractivity contribution in [1.82, 2.24) is 0 Å². The monoisotopic (exact) mass is 174 g/mol. The quantitative estimate of drug-likeness (QED) is 0.401. The molecule has 0 aliphatic carbocycles. The number of hydrogen-bond acceptors (Lipinski definition) is 2. The zero-order valence-electron chi connectivity index (χ0n) is 6.82. The molecule has 0 heterocycles. The van der Waals surface area contributed by atoms with Gasteiger partial charge in [-0.05, 0) is 0 Å². The Morgan fingerprint density at radius 1 is 1.42 bits per heavy atom. The Bertz CT molecular complexity index is 170. The molecule has 0 spiro atoms. The number of carboxylic acid groups (broad SMARTS) is 1. The van der Waals surface area contributed by atoms with Gasteiger partial charge >= 0.3 is 5.97 Å². The average molecular weight is 174 g/mol. The second-order valence-electron chi connectivity index (χ2n) is 2.39. The van der Waals surface area contributed by atoms with Crippen molar-refractivity contribution in [2.45, 2.75) is 18.9 Å². The first-order valence-corrected chi connectivity index (χ1v) is 3.62. The number of quaternary nitrogens is 2. The van der Waals surface area contributed by atoms with Crippen molar-refractivity contribution in [3.05, 3.63) is 14.1 Å². The minimum atomic E-state index is -0.943. The molecule has 0 radical (unpaired) electrons. The van der Waals surface area contributed by atoms with Gasteiger partial charge in [-0.15, -0.1) is 7.05 Å². The molecule has 0 saturated heterocycles. The Kier molecular flexibility index (Phi) is 5.23. The lowest BCUT2D eigenvalue weighted by atomic mass is 10.1. The van der Waals surface area contributed by atoms with E-state index in [0.29, 0.717) is 6.42 Å². The Morgan fingerprint density at radius 3 is 2.33 bits per heavy atom. The summed E-state index contributed by atoms with van der Waals surface area (Å²) in [7, 11) is 6.65. The molecule has 5 N–H and O–H groups in total. The van der Waals surface area contributed by atoms with E-state index in [9.17, 15) is 9.59 Å². The van der Waals surface area contributed by atoms with Gasteiger partial charge in [-0.1, -0.05) is 0 Å². The maximum Gasteiger partial charge on any atom is 0.360 e. The molecule has 0 aliphatic heterocycles. The molecule has 5 nitrogen and oxygen atoms in total. The predicted molar refractivity (Wildman–Crippen MR) is 40.2 cm³/mol. The second-order valence-corrected chi connectivity index (χ2v) is 2.39. The van der Waals surface area contributed by atoms with Gasteiger partial charge in [0.25, 0.3) is 5.91 Å². The summed E-state index contributed by atoms with van der Waals surface area (Å²) in [5.41, 5.74) is 0. The molecule has 0 aromatic carbocycles. The second kappa shape index (κ2) is 5.68. The molecular weight excluding hydrogens is 160 g/mol. The lowest BCUT2D eigenvalue weighted by Crippen LogP contribution is -2.86. The first-order chi connectivity index (χ1) is 5.61. The summed E-state index contributed by atoms with van der Waals surface area (Å²) >= 11 is 0. The first-order valence-electron chi connectivity index (χ1n) is 3.62. The molecule has 0 aromatic rings. The average Bonchev–Trinajstić information content (AvgIpc) is 2.04. The van der Waals surface area contributed by atoms with Gasteiger partial charge in [-0.25, -0.2) is 9.59 Å². The molecule has 1 atom stereocenters. The summed E-state index contributed by atoms with van der Waals surface area (Å²) in [5, 5.41) is 11.1. The molecule has 5 heteroatoms. The van der Waals surface area contributed by atoms with E-state index in [1.807, 2.05) is 0 Å². The van der Waals surface area contributed by atoms with Gasteiger partial charge in [0.15, 0.2) is 6.04 Å². The highest BCUT2D eigenvalue weighted by Gasteiger charge is 2.17. The van der Waals surface area contributed by atoms with Crippen molar-refractivity contribution >= 4 is 11.9 Å². The Labute approximate surface area is 71.1 Å². The number of carbonyl (C=O) groups is 2. The van der Waals surface area contributed by atoms with Crippen LogP contribution >= 0.6 is 0 Å². The van der Waals surface area contributed by atoms with Gasteiger partial charge in [-0.3, -0.25) is 0 Å². The van der Waals surface area contributed by atoms with Crippen LogP contribution in [0.2, 0.25) is 0 Å². The van der Waals surface area contributed by atoms with Crippen LogP contribution < -0.4 is 10.6 Å². The molecule has 0 saturated carbocycles. The standard InChI is InChI=1S/C7H14N2O3/c1-8-5(7(11)12)3-4-6(10)9-2/h5H,1-4,8-9H2,(H,11,12)/t5-/m1/s1. The summed E-state index contributed by atoms with van der Waals surface area (Å²) in [6.45, 7) is 0. The van der Waals surface area contributed by atoms with Crippen LogP contribution in [0.4, 0.5) is 0 Å². The summed E-state index contributed by atoms with van der Waals surface area (Å²) in [5.74, 6) is -1.08. The van der Waals surface area contributed by atoms with Crippen LogP contribution in [0.1, 0.15) is 12.8 Å². The molecule has 1 amide bonds. The first kappa shape index (κ1) is 11.1.